The van der Waals surface area contributed by atoms with Crippen LogP contribution >= 0.6 is 11.6 Å². The maximum atomic E-state index is 5.96. The van der Waals surface area contributed by atoms with Gasteiger partial charge < -0.3 is 11.1 Å². The molecule has 1 aromatic rings. The van der Waals surface area contributed by atoms with E-state index in [1.54, 1.807) is 0 Å². The van der Waals surface area contributed by atoms with Crippen molar-refractivity contribution < 1.29 is 0 Å². The number of aryl methyl sites for hydroxylation is 1. The largest absolute Gasteiger partial charge is 0.383 e. The summed E-state index contributed by atoms with van der Waals surface area (Å²) >= 11 is 5.96. The zero-order chi connectivity index (χ0) is 8.97. The second kappa shape index (κ2) is 4.33. The standard InChI is InChI=1S/C9H13ClN2/c1-7-2-3-9(8(10)6-7)12-5-4-11/h2-3,6,12H,4-5,11H2,1H3. The number of halogens is 1. The van der Waals surface area contributed by atoms with E-state index in [1.807, 2.05) is 25.1 Å². The Balaban J connectivity index is 2.72. The van der Waals surface area contributed by atoms with Gasteiger partial charge in [-0.2, -0.15) is 0 Å². The van der Waals surface area contributed by atoms with Crippen molar-refractivity contribution in [3.05, 3.63) is 28.8 Å². The van der Waals surface area contributed by atoms with Crippen molar-refractivity contribution >= 4 is 17.3 Å². The average molecular weight is 185 g/mol. The molecule has 0 amide bonds. The van der Waals surface area contributed by atoms with Gasteiger partial charge in [-0.05, 0) is 24.6 Å². The number of nitrogens with two attached hydrogens (primary N) is 1. The molecule has 0 unspecified atom stereocenters. The number of hydrogen-bond donors (Lipinski definition) is 2. The van der Waals surface area contributed by atoms with Crippen LogP contribution in [0.5, 0.6) is 0 Å². The maximum absolute atomic E-state index is 5.96. The third-order valence-corrected chi connectivity index (χ3v) is 1.90. The number of anilines is 1. The highest BCUT2D eigenvalue weighted by atomic mass is 35.5. The van der Waals surface area contributed by atoms with E-state index >= 15 is 0 Å². The smallest absolute Gasteiger partial charge is 0.0640 e. The van der Waals surface area contributed by atoms with E-state index in [0.717, 1.165) is 17.3 Å². The zero-order valence-electron chi connectivity index (χ0n) is 7.10. The van der Waals surface area contributed by atoms with Crippen molar-refractivity contribution in [1.82, 2.24) is 0 Å². The molecular formula is C9H13ClN2. The first kappa shape index (κ1) is 9.36. The predicted octanol–water partition coefficient (Wildman–Crippen LogP) is 2.02. The first-order chi connectivity index (χ1) is 5.74. The molecule has 0 saturated heterocycles. The third kappa shape index (κ3) is 2.40. The van der Waals surface area contributed by atoms with Crippen LogP contribution in [0.25, 0.3) is 0 Å². The molecule has 0 bridgehead atoms. The van der Waals surface area contributed by atoms with Gasteiger partial charge in [0, 0.05) is 13.1 Å². The molecule has 0 aliphatic rings. The van der Waals surface area contributed by atoms with E-state index in [1.165, 1.54) is 5.56 Å². The van der Waals surface area contributed by atoms with Crippen molar-refractivity contribution in [1.29, 1.82) is 0 Å². The van der Waals surface area contributed by atoms with Crippen molar-refractivity contribution in [3.63, 3.8) is 0 Å². The summed E-state index contributed by atoms with van der Waals surface area (Å²) in [6, 6.07) is 5.92. The fourth-order valence-electron chi connectivity index (χ4n) is 0.970. The summed E-state index contributed by atoms with van der Waals surface area (Å²) in [6.45, 7) is 3.38. The molecule has 0 aliphatic carbocycles. The van der Waals surface area contributed by atoms with Crippen LogP contribution in [-0.2, 0) is 0 Å². The van der Waals surface area contributed by atoms with Crippen LogP contribution in [0, 0.1) is 6.92 Å². The lowest BCUT2D eigenvalue weighted by molar-refractivity contribution is 1.02. The lowest BCUT2D eigenvalue weighted by atomic mass is 10.2. The SMILES string of the molecule is Cc1ccc(NCCN)c(Cl)c1. The molecule has 66 valence electrons. The van der Waals surface area contributed by atoms with Crippen molar-refractivity contribution in [3.8, 4) is 0 Å². The Morgan fingerprint density at radius 2 is 2.25 bits per heavy atom. The van der Waals surface area contributed by atoms with Crippen molar-refractivity contribution in [2.75, 3.05) is 18.4 Å². The highest BCUT2D eigenvalue weighted by molar-refractivity contribution is 6.33. The molecule has 0 saturated carbocycles. The normalized spacial score (nSPS) is 9.92. The molecule has 0 aromatic heterocycles. The molecule has 1 aromatic carbocycles. The van der Waals surface area contributed by atoms with E-state index in [0.29, 0.717) is 6.54 Å². The van der Waals surface area contributed by atoms with Gasteiger partial charge in [0.25, 0.3) is 0 Å². The molecule has 0 spiro atoms. The van der Waals surface area contributed by atoms with Gasteiger partial charge in [0.05, 0.1) is 10.7 Å². The highest BCUT2D eigenvalue weighted by Crippen LogP contribution is 2.21. The van der Waals surface area contributed by atoms with Crippen LogP contribution in [0.15, 0.2) is 18.2 Å². The summed E-state index contributed by atoms with van der Waals surface area (Å²) in [4.78, 5) is 0. The molecule has 0 atom stereocenters. The molecule has 0 aliphatic heterocycles. The van der Waals surface area contributed by atoms with Crippen LogP contribution in [0.4, 0.5) is 5.69 Å². The third-order valence-electron chi connectivity index (χ3n) is 1.58. The van der Waals surface area contributed by atoms with E-state index < -0.39 is 0 Å². The quantitative estimate of drug-likeness (QED) is 0.755. The summed E-state index contributed by atoms with van der Waals surface area (Å²) in [5.74, 6) is 0. The summed E-state index contributed by atoms with van der Waals surface area (Å²) in [5.41, 5.74) is 7.47. The van der Waals surface area contributed by atoms with E-state index in [-0.39, 0.29) is 0 Å². The van der Waals surface area contributed by atoms with E-state index in [2.05, 4.69) is 5.32 Å². The lowest BCUT2D eigenvalue weighted by Crippen LogP contribution is -2.13. The Labute approximate surface area is 77.7 Å². The second-order valence-electron chi connectivity index (χ2n) is 2.70. The molecule has 12 heavy (non-hydrogen) atoms. The van der Waals surface area contributed by atoms with Crippen LogP contribution in [-0.4, -0.2) is 13.1 Å². The van der Waals surface area contributed by atoms with Crippen molar-refractivity contribution in [2.45, 2.75) is 6.92 Å². The molecular weight excluding hydrogens is 172 g/mol. The fourth-order valence-corrected chi connectivity index (χ4v) is 1.27. The van der Waals surface area contributed by atoms with Gasteiger partial charge in [0.2, 0.25) is 0 Å². The Hall–Kier alpha value is -0.730. The summed E-state index contributed by atoms with van der Waals surface area (Å²) in [7, 11) is 0. The number of benzene rings is 1. The van der Waals surface area contributed by atoms with Crippen LogP contribution in [0.1, 0.15) is 5.56 Å². The van der Waals surface area contributed by atoms with Gasteiger partial charge in [-0.1, -0.05) is 17.7 Å². The number of nitrogens with one attached hydrogen (secondary N) is 1. The Morgan fingerprint density at radius 3 is 2.83 bits per heavy atom. The van der Waals surface area contributed by atoms with Gasteiger partial charge in [0.15, 0.2) is 0 Å². The maximum Gasteiger partial charge on any atom is 0.0640 e. The lowest BCUT2D eigenvalue weighted by Gasteiger charge is -2.06. The van der Waals surface area contributed by atoms with Gasteiger partial charge in [-0.15, -0.1) is 0 Å². The topological polar surface area (TPSA) is 38.0 Å². The summed E-state index contributed by atoms with van der Waals surface area (Å²) in [5, 5.41) is 3.89. The minimum absolute atomic E-state index is 0.615. The minimum Gasteiger partial charge on any atom is -0.383 e. The van der Waals surface area contributed by atoms with Gasteiger partial charge in [-0.3, -0.25) is 0 Å². The van der Waals surface area contributed by atoms with Crippen LogP contribution in [0.3, 0.4) is 0 Å². The first-order valence-corrected chi connectivity index (χ1v) is 4.32. The van der Waals surface area contributed by atoms with E-state index in [9.17, 15) is 0 Å². The summed E-state index contributed by atoms with van der Waals surface area (Å²) in [6.07, 6.45) is 0. The second-order valence-corrected chi connectivity index (χ2v) is 3.11. The number of rotatable bonds is 3. The minimum atomic E-state index is 0.615. The molecule has 2 nitrogen and oxygen atoms in total. The predicted molar refractivity (Wildman–Crippen MR) is 53.7 cm³/mol. The first-order valence-electron chi connectivity index (χ1n) is 3.94. The molecule has 0 fully saturated rings. The zero-order valence-corrected chi connectivity index (χ0v) is 7.86. The monoisotopic (exact) mass is 184 g/mol. The highest BCUT2D eigenvalue weighted by Gasteiger charge is 1.97. The molecule has 1 rings (SSSR count). The molecule has 0 heterocycles. The fraction of sp³-hybridized carbons (Fsp3) is 0.333. The molecule has 3 N–H and O–H groups in total. The average Bonchev–Trinajstić information content (AvgIpc) is 2.03. The Bertz CT molecular complexity index is 261. The van der Waals surface area contributed by atoms with Crippen molar-refractivity contribution in [2.24, 2.45) is 5.73 Å². The molecule has 0 radical (unpaired) electrons. The summed E-state index contributed by atoms with van der Waals surface area (Å²) < 4.78 is 0. The number of hydrogen-bond acceptors (Lipinski definition) is 2. The van der Waals surface area contributed by atoms with Gasteiger partial charge >= 0.3 is 0 Å². The van der Waals surface area contributed by atoms with Crippen LogP contribution in [0.2, 0.25) is 5.02 Å². The Morgan fingerprint density at radius 1 is 1.50 bits per heavy atom. The Kier molecular flexibility index (Phi) is 3.38. The van der Waals surface area contributed by atoms with E-state index in [4.69, 9.17) is 17.3 Å². The van der Waals surface area contributed by atoms with Crippen LogP contribution < -0.4 is 11.1 Å². The molecule has 3 heteroatoms. The van der Waals surface area contributed by atoms with Gasteiger partial charge in [-0.25, -0.2) is 0 Å². The van der Waals surface area contributed by atoms with Gasteiger partial charge in [0.1, 0.15) is 0 Å².